The minimum Gasteiger partial charge on any atom is -0.366 e. The first kappa shape index (κ1) is 12.9. The lowest BCUT2D eigenvalue weighted by atomic mass is 10.0. The molecule has 0 amide bonds. The standard InChI is InChI=1S/C14H15NO2S/c1-2-17-14(11-6-4-3-5-7-11)12(16)10-13-15-8-9-18-13/h3-9,14H,2,10H2,1H3. The number of thiazole rings is 1. The first-order chi connectivity index (χ1) is 8.81. The number of benzene rings is 1. The smallest absolute Gasteiger partial charge is 0.172 e. The van der Waals surface area contributed by atoms with Crippen molar-refractivity contribution in [2.45, 2.75) is 19.4 Å². The molecule has 1 heterocycles. The van der Waals surface area contributed by atoms with Gasteiger partial charge in [0.1, 0.15) is 6.10 Å². The number of ether oxygens (including phenoxy) is 1. The Kier molecular flexibility index (Phi) is 4.61. The van der Waals surface area contributed by atoms with E-state index < -0.39 is 6.10 Å². The maximum absolute atomic E-state index is 12.2. The molecular weight excluding hydrogens is 246 g/mol. The topological polar surface area (TPSA) is 39.2 Å². The minimum absolute atomic E-state index is 0.0537. The highest BCUT2D eigenvalue weighted by atomic mass is 32.1. The second-order valence-electron chi connectivity index (χ2n) is 3.81. The summed E-state index contributed by atoms with van der Waals surface area (Å²) in [5.41, 5.74) is 0.904. The van der Waals surface area contributed by atoms with Gasteiger partial charge in [-0.05, 0) is 12.5 Å². The number of carbonyl (C=O) groups is 1. The van der Waals surface area contributed by atoms with Gasteiger partial charge in [-0.25, -0.2) is 4.98 Å². The van der Waals surface area contributed by atoms with Gasteiger partial charge in [0.25, 0.3) is 0 Å². The molecule has 18 heavy (non-hydrogen) atoms. The van der Waals surface area contributed by atoms with Crippen LogP contribution < -0.4 is 0 Å². The first-order valence-electron chi connectivity index (χ1n) is 5.89. The molecule has 94 valence electrons. The summed E-state index contributed by atoms with van der Waals surface area (Å²) in [6.45, 7) is 2.41. The summed E-state index contributed by atoms with van der Waals surface area (Å²) >= 11 is 1.49. The summed E-state index contributed by atoms with van der Waals surface area (Å²) in [6.07, 6.45) is 1.56. The van der Waals surface area contributed by atoms with Crippen molar-refractivity contribution in [2.24, 2.45) is 0 Å². The second-order valence-corrected chi connectivity index (χ2v) is 4.79. The number of aromatic nitrogens is 1. The number of hydrogen-bond acceptors (Lipinski definition) is 4. The molecule has 1 aromatic carbocycles. The Balaban J connectivity index is 2.12. The highest BCUT2D eigenvalue weighted by molar-refractivity contribution is 7.09. The summed E-state index contributed by atoms with van der Waals surface area (Å²) in [5.74, 6) is 0.0537. The van der Waals surface area contributed by atoms with E-state index in [1.54, 1.807) is 6.20 Å². The summed E-state index contributed by atoms with van der Waals surface area (Å²) in [4.78, 5) is 16.4. The lowest BCUT2D eigenvalue weighted by molar-refractivity contribution is -0.130. The van der Waals surface area contributed by atoms with Crippen LogP contribution in [0.1, 0.15) is 23.6 Å². The van der Waals surface area contributed by atoms with Gasteiger partial charge in [0.05, 0.1) is 11.4 Å². The molecule has 1 aromatic heterocycles. The Morgan fingerprint density at radius 1 is 1.39 bits per heavy atom. The van der Waals surface area contributed by atoms with Crippen LogP contribution in [0.25, 0.3) is 0 Å². The van der Waals surface area contributed by atoms with Gasteiger partial charge in [-0.15, -0.1) is 11.3 Å². The number of nitrogens with zero attached hydrogens (tertiary/aromatic N) is 1. The van der Waals surface area contributed by atoms with Crippen molar-refractivity contribution in [1.29, 1.82) is 0 Å². The van der Waals surface area contributed by atoms with E-state index in [4.69, 9.17) is 4.74 Å². The molecule has 0 N–H and O–H groups in total. The number of Topliss-reactive ketones (excluding diaryl/α,β-unsaturated/α-hetero) is 1. The van der Waals surface area contributed by atoms with Crippen molar-refractivity contribution < 1.29 is 9.53 Å². The van der Waals surface area contributed by atoms with E-state index in [0.717, 1.165) is 10.6 Å². The van der Waals surface area contributed by atoms with Crippen molar-refractivity contribution in [1.82, 2.24) is 4.98 Å². The van der Waals surface area contributed by atoms with Crippen molar-refractivity contribution in [3.8, 4) is 0 Å². The molecule has 0 saturated carbocycles. The maximum atomic E-state index is 12.2. The fourth-order valence-corrected chi connectivity index (χ4v) is 2.38. The van der Waals surface area contributed by atoms with Crippen molar-refractivity contribution in [2.75, 3.05) is 6.61 Å². The monoisotopic (exact) mass is 261 g/mol. The number of ketones is 1. The Bertz CT molecular complexity index is 482. The lowest BCUT2D eigenvalue weighted by Gasteiger charge is -2.15. The van der Waals surface area contributed by atoms with Crippen molar-refractivity contribution >= 4 is 17.1 Å². The van der Waals surface area contributed by atoms with Crippen molar-refractivity contribution in [3.05, 3.63) is 52.5 Å². The van der Waals surface area contributed by atoms with E-state index in [-0.39, 0.29) is 5.78 Å². The summed E-state index contributed by atoms with van der Waals surface area (Å²) in [7, 11) is 0. The molecule has 1 unspecified atom stereocenters. The molecule has 0 spiro atoms. The molecule has 0 radical (unpaired) electrons. The highest BCUT2D eigenvalue weighted by Crippen LogP contribution is 2.20. The highest BCUT2D eigenvalue weighted by Gasteiger charge is 2.21. The summed E-state index contributed by atoms with van der Waals surface area (Å²) < 4.78 is 5.57. The van der Waals surface area contributed by atoms with Gasteiger partial charge in [0, 0.05) is 18.2 Å². The van der Waals surface area contributed by atoms with Gasteiger partial charge in [0.2, 0.25) is 0 Å². The molecule has 0 aliphatic rings. The number of carbonyl (C=O) groups excluding carboxylic acids is 1. The third-order valence-corrected chi connectivity index (χ3v) is 3.32. The van der Waals surface area contributed by atoms with E-state index >= 15 is 0 Å². The fraction of sp³-hybridized carbons (Fsp3) is 0.286. The SMILES string of the molecule is CCOC(C(=O)Cc1nccs1)c1ccccc1. The Hall–Kier alpha value is -1.52. The molecule has 0 fully saturated rings. The third-order valence-electron chi connectivity index (χ3n) is 2.54. The van der Waals surface area contributed by atoms with Gasteiger partial charge >= 0.3 is 0 Å². The largest absolute Gasteiger partial charge is 0.366 e. The second kappa shape index (κ2) is 6.42. The summed E-state index contributed by atoms with van der Waals surface area (Å²) in [5, 5.41) is 2.71. The molecule has 4 heteroatoms. The van der Waals surface area contributed by atoms with Gasteiger partial charge < -0.3 is 4.74 Å². The predicted octanol–water partition coefficient (Wildman–Crippen LogP) is 3.03. The van der Waals surface area contributed by atoms with Crippen LogP contribution in [-0.2, 0) is 16.0 Å². The van der Waals surface area contributed by atoms with Crippen LogP contribution in [-0.4, -0.2) is 17.4 Å². The van der Waals surface area contributed by atoms with E-state index in [1.165, 1.54) is 11.3 Å². The molecule has 2 rings (SSSR count). The Labute approximate surface area is 110 Å². The van der Waals surface area contributed by atoms with Crippen LogP contribution in [0.3, 0.4) is 0 Å². The van der Waals surface area contributed by atoms with Crippen LogP contribution in [0.4, 0.5) is 0 Å². The van der Waals surface area contributed by atoms with Crippen LogP contribution >= 0.6 is 11.3 Å². The van der Waals surface area contributed by atoms with Gasteiger partial charge in [-0.2, -0.15) is 0 Å². The molecule has 1 atom stereocenters. The molecule has 2 aromatic rings. The van der Waals surface area contributed by atoms with E-state index in [1.807, 2.05) is 42.6 Å². The van der Waals surface area contributed by atoms with E-state index in [9.17, 15) is 4.79 Å². The molecular formula is C14H15NO2S. The molecule has 0 saturated heterocycles. The quantitative estimate of drug-likeness (QED) is 0.802. The predicted molar refractivity (Wildman–Crippen MR) is 71.6 cm³/mol. The third kappa shape index (κ3) is 3.24. The van der Waals surface area contributed by atoms with Crippen LogP contribution in [0.15, 0.2) is 41.9 Å². The zero-order chi connectivity index (χ0) is 12.8. The normalized spacial score (nSPS) is 12.3. The number of hydrogen-bond donors (Lipinski definition) is 0. The molecule has 0 aliphatic heterocycles. The Morgan fingerprint density at radius 2 is 2.17 bits per heavy atom. The lowest BCUT2D eigenvalue weighted by Crippen LogP contribution is -2.18. The van der Waals surface area contributed by atoms with Gasteiger partial charge in [-0.3, -0.25) is 4.79 Å². The zero-order valence-corrected chi connectivity index (χ0v) is 11.0. The average Bonchev–Trinajstić information content (AvgIpc) is 2.89. The molecule has 0 aliphatic carbocycles. The van der Waals surface area contributed by atoms with E-state index in [0.29, 0.717) is 13.0 Å². The fourth-order valence-electron chi connectivity index (χ4n) is 1.75. The van der Waals surface area contributed by atoms with Crippen LogP contribution in [0, 0.1) is 0 Å². The maximum Gasteiger partial charge on any atom is 0.172 e. The zero-order valence-electron chi connectivity index (χ0n) is 10.2. The van der Waals surface area contributed by atoms with Crippen LogP contribution in [0.2, 0.25) is 0 Å². The molecule has 3 nitrogen and oxygen atoms in total. The van der Waals surface area contributed by atoms with Crippen LogP contribution in [0.5, 0.6) is 0 Å². The van der Waals surface area contributed by atoms with E-state index in [2.05, 4.69) is 4.98 Å². The Morgan fingerprint density at radius 3 is 2.78 bits per heavy atom. The average molecular weight is 261 g/mol. The number of rotatable bonds is 6. The summed E-state index contributed by atoms with van der Waals surface area (Å²) in [6, 6.07) is 9.59. The minimum atomic E-state index is -0.486. The first-order valence-corrected chi connectivity index (χ1v) is 6.77. The van der Waals surface area contributed by atoms with Gasteiger partial charge in [-0.1, -0.05) is 30.3 Å². The molecule has 0 bridgehead atoms. The van der Waals surface area contributed by atoms with Crippen molar-refractivity contribution in [3.63, 3.8) is 0 Å². The van der Waals surface area contributed by atoms with Gasteiger partial charge in [0.15, 0.2) is 5.78 Å².